The first-order valence-corrected chi connectivity index (χ1v) is 9.73. The van der Waals surface area contributed by atoms with Crippen LogP contribution in [0.15, 0.2) is 48.5 Å². The Morgan fingerprint density at radius 1 is 1.08 bits per heavy atom. The van der Waals surface area contributed by atoms with Gasteiger partial charge in [0.15, 0.2) is 0 Å². The van der Waals surface area contributed by atoms with Gasteiger partial charge in [0.05, 0.1) is 0 Å². The van der Waals surface area contributed by atoms with Crippen LogP contribution >= 0.6 is 11.6 Å². The van der Waals surface area contributed by atoms with E-state index >= 15 is 0 Å². The SMILES string of the molecule is Cc1ccccc1C(=O)NC1CCCN(C)CCC1c1ccc(Cl)cc1. The van der Waals surface area contributed by atoms with Gasteiger partial charge in [0.2, 0.25) is 0 Å². The Hall–Kier alpha value is -1.84. The van der Waals surface area contributed by atoms with Crippen LogP contribution in [0.2, 0.25) is 5.02 Å². The third kappa shape index (κ3) is 4.66. The molecule has 2 aromatic carbocycles. The molecule has 26 heavy (non-hydrogen) atoms. The Balaban J connectivity index is 1.83. The molecule has 2 aromatic rings. The summed E-state index contributed by atoms with van der Waals surface area (Å²) < 4.78 is 0. The summed E-state index contributed by atoms with van der Waals surface area (Å²) in [6, 6.07) is 16.0. The molecule has 0 bridgehead atoms. The Labute approximate surface area is 161 Å². The maximum atomic E-state index is 12.9. The fourth-order valence-corrected chi connectivity index (χ4v) is 3.94. The van der Waals surface area contributed by atoms with Crippen molar-refractivity contribution in [3.63, 3.8) is 0 Å². The number of carbonyl (C=O) groups excluding carboxylic acids is 1. The van der Waals surface area contributed by atoms with Gasteiger partial charge in [0, 0.05) is 22.5 Å². The molecule has 4 heteroatoms. The van der Waals surface area contributed by atoms with E-state index in [0.717, 1.165) is 48.5 Å². The number of nitrogens with zero attached hydrogens (tertiary/aromatic N) is 1. The summed E-state index contributed by atoms with van der Waals surface area (Å²) in [6.45, 7) is 4.09. The minimum Gasteiger partial charge on any atom is -0.349 e. The van der Waals surface area contributed by atoms with Crippen molar-refractivity contribution in [3.05, 3.63) is 70.2 Å². The van der Waals surface area contributed by atoms with Crippen LogP contribution in [0.4, 0.5) is 0 Å². The molecule has 1 aliphatic rings. The summed E-state index contributed by atoms with van der Waals surface area (Å²) in [5.41, 5.74) is 3.03. The van der Waals surface area contributed by atoms with Crippen LogP contribution in [0.25, 0.3) is 0 Å². The van der Waals surface area contributed by atoms with E-state index < -0.39 is 0 Å². The largest absolute Gasteiger partial charge is 0.349 e. The first-order chi connectivity index (χ1) is 12.5. The molecular formula is C22H27ClN2O. The maximum Gasteiger partial charge on any atom is 0.251 e. The fraction of sp³-hybridized carbons (Fsp3) is 0.409. The highest BCUT2D eigenvalue weighted by molar-refractivity contribution is 6.30. The van der Waals surface area contributed by atoms with E-state index in [4.69, 9.17) is 11.6 Å². The van der Waals surface area contributed by atoms with Crippen molar-refractivity contribution in [2.45, 2.75) is 38.1 Å². The number of aryl methyl sites for hydroxylation is 1. The Morgan fingerprint density at radius 3 is 2.54 bits per heavy atom. The summed E-state index contributed by atoms with van der Waals surface area (Å²) >= 11 is 6.07. The molecule has 1 amide bonds. The number of hydrogen-bond donors (Lipinski definition) is 1. The Bertz CT molecular complexity index is 744. The molecule has 138 valence electrons. The summed E-state index contributed by atoms with van der Waals surface area (Å²) in [7, 11) is 2.17. The lowest BCUT2D eigenvalue weighted by atomic mass is 9.84. The first-order valence-electron chi connectivity index (χ1n) is 9.35. The summed E-state index contributed by atoms with van der Waals surface area (Å²) in [6.07, 6.45) is 3.09. The van der Waals surface area contributed by atoms with Crippen molar-refractivity contribution in [1.29, 1.82) is 0 Å². The van der Waals surface area contributed by atoms with Crippen LogP contribution in [0.1, 0.15) is 46.7 Å². The molecule has 0 radical (unpaired) electrons. The van der Waals surface area contributed by atoms with Crippen molar-refractivity contribution in [3.8, 4) is 0 Å². The summed E-state index contributed by atoms with van der Waals surface area (Å²) in [5.74, 6) is 0.323. The molecule has 1 N–H and O–H groups in total. The molecule has 0 spiro atoms. The highest BCUT2D eigenvalue weighted by Crippen LogP contribution is 2.29. The predicted molar refractivity (Wildman–Crippen MR) is 108 cm³/mol. The number of amides is 1. The monoisotopic (exact) mass is 370 g/mol. The van der Waals surface area contributed by atoms with Gasteiger partial charge in [0.25, 0.3) is 5.91 Å². The molecule has 1 heterocycles. The summed E-state index contributed by atoms with van der Waals surface area (Å²) in [5, 5.41) is 4.08. The number of rotatable bonds is 3. The number of nitrogens with one attached hydrogen (secondary N) is 1. The molecule has 1 aliphatic heterocycles. The lowest BCUT2D eigenvalue weighted by molar-refractivity contribution is 0.0920. The van der Waals surface area contributed by atoms with Gasteiger partial charge >= 0.3 is 0 Å². The molecule has 0 aromatic heterocycles. The minimum absolute atomic E-state index is 0.0287. The number of hydrogen-bond acceptors (Lipinski definition) is 2. The minimum atomic E-state index is 0.0287. The van der Waals surface area contributed by atoms with Gasteiger partial charge in [0.1, 0.15) is 0 Å². The van der Waals surface area contributed by atoms with Crippen LogP contribution in [-0.2, 0) is 0 Å². The topological polar surface area (TPSA) is 32.3 Å². The average molecular weight is 371 g/mol. The smallest absolute Gasteiger partial charge is 0.251 e. The molecule has 1 fully saturated rings. The zero-order valence-corrected chi connectivity index (χ0v) is 16.3. The number of halogens is 1. The van der Waals surface area contributed by atoms with Crippen molar-refractivity contribution in [2.75, 3.05) is 20.1 Å². The van der Waals surface area contributed by atoms with Crippen LogP contribution in [0.5, 0.6) is 0 Å². The maximum absolute atomic E-state index is 12.9. The fourth-order valence-electron chi connectivity index (χ4n) is 3.81. The van der Waals surface area contributed by atoms with Gasteiger partial charge in [-0.1, -0.05) is 41.9 Å². The van der Waals surface area contributed by atoms with Crippen molar-refractivity contribution in [1.82, 2.24) is 10.2 Å². The molecule has 0 aliphatic carbocycles. The van der Waals surface area contributed by atoms with Crippen LogP contribution in [-0.4, -0.2) is 37.0 Å². The number of carbonyl (C=O) groups is 1. The third-order valence-corrected chi connectivity index (χ3v) is 5.62. The van der Waals surface area contributed by atoms with E-state index in [-0.39, 0.29) is 11.9 Å². The second-order valence-electron chi connectivity index (χ2n) is 7.29. The molecule has 3 rings (SSSR count). The standard InChI is InChI=1S/C22H27ClN2O/c1-16-6-3-4-7-19(16)22(26)24-21-8-5-14-25(2)15-13-20(21)17-9-11-18(23)12-10-17/h3-4,6-7,9-12,20-21H,5,8,13-15H2,1-2H3,(H,24,26). The Kier molecular flexibility index (Phi) is 6.33. The van der Waals surface area contributed by atoms with Gasteiger partial charge < -0.3 is 10.2 Å². The number of benzene rings is 2. The van der Waals surface area contributed by atoms with Crippen molar-refractivity contribution < 1.29 is 4.79 Å². The van der Waals surface area contributed by atoms with Crippen molar-refractivity contribution >= 4 is 17.5 Å². The highest BCUT2D eigenvalue weighted by atomic mass is 35.5. The van der Waals surface area contributed by atoms with Crippen molar-refractivity contribution in [2.24, 2.45) is 0 Å². The van der Waals surface area contributed by atoms with Crippen LogP contribution in [0.3, 0.4) is 0 Å². The van der Waals surface area contributed by atoms with E-state index in [1.165, 1.54) is 5.56 Å². The molecule has 2 atom stereocenters. The van der Waals surface area contributed by atoms with Gasteiger partial charge in [-0.2, -0.15) is 0 Å². The molecule has 0 saturated carbocycles. The van der Waals surface area contributed by atoms with Gasteiger partial charge in [-0.3, -0.25) is 4.79 Å². The highest BCUT2D eigenvalue weighted by Gasteiger charge is 2.27. The third-order valence-electron chi connectivity index (χ3n) is 5.37. The van der Waals surface area contributed by atoms with E-state index in [1.54, 1.807) is 0 Å². The zero-order valence-electron chi connectivity index (χ0n) is 15.5. The van der Waals surface area contributed by atoms with E-state index in [9.17, 15) is 4.79 Å². The van der Waals surface area contributed by atoms with Crippen LogP contribution in [0, 0.1) is 6.92 Å². The Morgan fingerprint density at radius 2 is 1.81 bits per heavy atom. The molecule has 2 unspecified atom stereocenters. The van der Waals surface area contributed by atoms with E-state index in [0.29, 0.717) is 5.92 Å². The van der Waals surface area contributed by atoms with Crippen LogP contribution < -0.4 is 5.32 Å². The number of likely N-dealkylation sites (tertiary alicyclic amines) is 1. The zero-order chi connectivity index (χ0) is 18.5. The van der Waals surface area contributed by atoms with E-state index in [1.807, 2.05) is 43.3 Å². The van der Waals surface area contributed by atoms with E-state index in [2.05, 4.69) is 29.4 Å². The molecule has 3 nitrogen and oxygen atoms in total. The predicted octanol–water partition coefficient (Wildman–Crippen LogP) is 4.65. The van der Waals surface area contributed by atoms with Gasteiger partial charge in [-0.05, 0) is 75.6 Å². The molecular weight excluding hydrogens is 344 g/mol. The van der Waals surface area contributed by atoms with Gasteiger partial charge in [-0.25, -0.2) is 0 Å². The molecule has 1 saturated heterocycles. The average Bonchev–Trinajstić information content (AvgIpc) is 2.61. The lowest BCUT2D eigenvalue weighted by Gasteiger charge is -2.33. The quantitative estimate of drug-likeness (QED) is 0.853. The first kappa shape index (κ1) is 18.9. The lowest BCUT2D eigenvalue weighted by Crippen LogP contribution is -2.42. The second-order valence-corrected chi connectivity index (χ2v) is 7.72. The second kappa shape index (κ2) is 8.70. The summed E-state index contributed by atoms with van der Waals surface area (Å²) in [4.78, 5) is 15.3. The van der Waals surface area contributed by atoms with Gasteiger partial charge in [-0.15, -0.1) is 0 Å². The normalized spacial score (nSPS) is 21.7.